The largest absolute Gasteiger partial charge is 0.496 e. The predicted octanol–water partition coefficient (Wildman–Crippen LogP) is 3.60. The van der Waals surface area contributed by atoms with Crippen LogP contribution in [0, 0.1) is 19.7 Å². The highest BCUT2D eigenvalue weighted by Crippen LogP contribution is 2.26. The Hall–Kier alpha value is -2.07. The summed E-state index contributed by atoms with van der Waals surface area (Å²) in [6.45, 7) is 4.07. The van der Waals surface area contributed by atoms with Gasteiger partial charge >= 0.3 is 0 Å². The van der Waals surface area contributed by atoms with Crippen molar-refractivity contribution in [1.29, 1.82) is 0 Å². The van der Waals surface area contributed by atoms with Crippen LogP contribution in [0.3, 0.4) is 0 Å². The lowest BCUT2D eigenvalue weighted by molar-refractivity contribution is 0.187. The molecule has 0 aromatic heterocycles. The first-order valence-corrected chi connectivity index (χ1v) is 6.83. The van der Waals surface area contributed by atoms with Gasteiger partial charge in [-0.1, -0.05) is 11.6 Å². The van der Waals surface area contributed by atoms with Crippen LogP contribution in [0.2, 0.25) is 0 Å². The molecule has 1 unspecified atom stereocenters. The van der Waals surface area contributed by atoms with E-state index in [1.165, 1.54) is 12.1 Å². The smallest absolute Gasteiger partial charge is 0.125 e. The Morgan fingerprint density at radius 1 is 1.14 bits per heavy atom. The van der Waals surface area contributed by atoms with Crippen molar-refractivity contribution in [2.45, 2.75) is 20.0 Å². The zero-order valence-electron chi connectivity index (χ0n) is 12.5. The van der Waals surface area contributed by atoms with Crippen molar-refractivity contribution in [3.05, 3.63) is 58.9 Å². The summed E-state index contributed by atoms with van der Waals surface area (Å²) >= 11 is 0. The van der Waals surface area contributed by atoms with Gasteiger partial charge in [0, 0.05) is 17.8 Å². The highest BCUT2D eigenvalue weighted by Gasteiger charge is 2.13. The third-order valence-corrected chi connectivity index (χ3v) is 3.29. The fourth-order valence-corrected chi connectivity index (χ4v) is 2.28. The summed E-state index contributed by atoms with van der Waals surface area (Å²) in [5, 5.41) is 13.4. The van der Waals surface area contributed by atoms with Gasteiger partial charge in [0.1, 0.15) is 11.6 Å². The van der Waals surface area contributed by atoms with Crippen molar-refractivity contribution in [1.82, 2.24) is 0 Å². The molecule has 0 saturated heterocycles. The van der Waals surface area contributed by atoms with Gasteiger partial charge in [0.25, 0.3) is 0 Å². The van der Waals surface area contributed by atoms with Crippen LogP contribution in [-0.4, -0.2) is 18.8 Å². The number of aryl methyl sites for hydroxylation is 2. The molecule has 0 saturated carbocycles. The van der Waals surface area contributed by atoms with Gasteiger partial charge < -0.3 is 15.2 Å². The number of hydrogen-bond acceptors (Lipinski definition) is 3. The molecule has 2 aromatic rings. The summed E-state index contributed by atoms with van der Waals surface area (Å²) in [4.78, 5) is 0. The molecule has 2 rings (SSSR count). The average molecular weight is 289 g/mol. The summed E-state index contributed by atoms with van der Waals surface area (Å²) in [5.41, 5.74) is 3.25. The van der Waals surface area contributed by atoms with Crippen molar-refractivity contribution in [2.24, 2.45) is 0 Å². The maximum atomic E-state index is 13.3. The number of halogens is 1. The molecule has 2 aromatic carbocycles. The molecular weight excluding hydrogens is 269 g/mol. The predicted molar refractivity (Wildman–Crippen MR) is 82.3 cm³/mol. The molecular formula is C17H20FNO2. The number of ether oxygens (including phenoxy) is 1. The lowest BCUT2D eigenvalue weighted by Gasteiger charge is -2.17. The SMILES string of the molecule is COc1ccc(C)cc1C(O)CNc1cc(C)cc(F)c1. The number of hydrogen-bond donors (Lipinski definition) is 2. The normalized spacial score (nSPS) is 12.0. The van der Waals surface area contributed by atoms with Crippen LogP contribution in [-0.2, 0) is 0 Å². The summed E-state index contributed by atoms with van der Waals surface area (Å²) in [7, 11) is 1.57. The molecule has 0 spiro atoms. The fraction of sp³-hybridized carbons (Fsp3) is 0.294. The Morgan fingerprint density at radius 2 is 1.90 bits per heavy atom. The Morgan fingerprint density at radius 3 is 2.57 bits per heavy atom. The number of aliphatic hydroxyl groups is 1. The van der Waals surface area contributed by atoms with Crippen molar-refractivity contribution in [3.63, 3.8) is 0 Å². The van der Waals surface area contributed by atoms with Gasteiger partial charge in [-0.05, 0) is 49.7 Å². The molecule has 0 heterocycles. The molecule has 0 aliphatic rings. The van der Waals surface area contributed by atoms with E-state index in [0.29, 0.717) is 11.4 Å². The van der Waals surface area contributed by atoms with E-state index >= 15 is 0 Å². The third-order valence-electron chi connectivity index (χ3n) is 3.29. The van der Waals surface area contributed by atoms with E-state index in [-0.39, 0.29) is 12.4 Å². The standard InChI is InChI=1S/C17H20FNO2/c1-11-4-5-17(21-3)15(8-11)16(20)10-19-14-7-12(2)6-13(18)9-14/h4-9,16,19-20H,10H2,1-3H3. The Balaban J connectivity index is 2.11. The molecule has 21 heavy (non-hydrogen) atoms. The lowest BCUT2D eigenvalue weighted by atomic mass is 10.0. The fourth-order valence-electron chi connectivity index (χ4n) is 2.28. The highest BCUT2D eigenvalue weighted by atomic mass is 19.1. The van der Waals surface area contributed by atoms with E-state index in [4.69, 9.17) is 4.74 Å². The minimum Gasteiger partial charge on any atom is -0.496 e. The summed E-state index contributed by atoms with van der Waals surface area (Å²) in [6.07, 6.45) is -0.733. The van der Waals surface area contributed by atoms with Crippen LogP contribution < -0.4 is 10.1 Å². The Labute approximate surface area is 124 Å². The van der Waals surface area contributed by atoms with Crippen LogP contribution in [0.4, 0.5) is 10.1 Å². The van der Waals surface area contributed by atoms with E-state index in [9.17, 15) is 9.50 Å². The number of nitrogens with one attached hydrogen (secondary N) is 1. The number of benzene rings is 2. The molecule has 4 heteroatoms. The average Bonchev–Trinajstić information content (AvgIpc) is 2.43. The van der Waals surface area contributed by atoms with E-state index in [1.54, 1.807) is 7.11 Å². The Bertz CT molecular complexity index is 608. The summed E-state index contributed by atoms with van der Waals surface area (Å²) in [6, 6.07) is 10.4. The molecule has 112 valence electrons. The number of aliphatic hydroxyl groups excluding tert-OH is 1. The minimum absolute atomic E-state index is 0.280. The van der Waals surface area contributed by atoms with Crippen LogP contribution in [0.5, 0.6) is 5.75 Å². The zero-order chi connectivity index (χ0) is 15.4. The van der Waals surface area contributed by atoms with Gasteiger partial charge in [0.2, 0.25) is 0 Å². The molecule has 0 aliphatic heterocycles. The summed E-state index contributed by atoms with van der Waals surface area (Å²) < 4.78 is 18.6. The van der Waals surface area contributed by atoms with Gasteiger partial charge in [0.05, 0.1) is 13.2 Å². The molecule has 1 atom stereocenters. The number of anilines is 1. The minimum atomic E-state index is -0.733. The van der Waals surface area contributed by atoms with Gasteiger partial charge in [-0.25, -0.2) is 4.39 Å². The van der Waals surface area contributed by atoms with Crippen molar-refractivity contribution < 1.29 is 14.2 Å². The van der Waals surface area contributed by atoms with Gasteiger partial charge in [-0.2, -0.15) is 0 Å². The first-order chi connectivity index (χ1) is 9.99. The molecule has 0 aliphatic carbocycles. The molecule has 0 radical (unpaired) electrons. The molecule has 0 amide bonds. The molecule has 0 bridgehead atoms. The monoisotopic (exact) mass is 289 g/mol. The van der Waals surface area contributed by atoms with Crippen LogP contribution in [0.1, 0.15) is 22.8 Å². The number of rotatable bonds is 5. The second-order valence-electron chi connectivity index (χ2n) is 5.16. The first-order valence-electron chi connectivity index (χ1n) is 6.83. The van der Waals surface area contributed by atoms with E-state index < -0.39 is 6.10 Å². The lowest BCUT2D eigenvalue weighted by Crippen LogP contribution is -2.13. The zero-order valence-corrected chi connectivity index (χ0v) is 12.5. The summed E-state index contributed by atoms with van der Waals surface area (Å²) in [5.74, 6) is 0.352. The van der Waals surface area contributed by atoms with E-state index in [0.717, 1.165) is 16.7 Å². The Kier molecular flexibility index (Phi) is 4.81. The van der Waals surface area contributed by atoms with Gasteiger partial charge in [-0.15, -0.1) is 0 Å². The van der Waals surface area contributed by atoms with Crippen molar-refractivity contribution in [2.75, 3.05) is 19.0 Å². The quantitative estimate of drug-likeness (QED) is 0.883. The molecule has 0 fully saturated rings. The number of methoxy groups -OCH3 is 1. The maximum Gasteiger partial charge on any atom is 0.125 e. The second kappa shape index (κ2) is 6.59. The van der Waals surface area contributed by atoms with E-state index in [2.05, 4.69) is 5.32 Å². The van der Waals surface area contributed by atoms with Crippen LogP contribution >= 0.6 is 0 Å². The highest BCUT2D eigenvalue weighted by molar-refractivity contribution is 5.47. The topological polar surface area (TPSA) is 41.5 Å². The van der Waals surface area contributed by atoms with Gasteiger partial charge in [0.15, 0.2) is 0 Å². The van der Waals surface area contributed by atoms with Crippen LogP contribution in [0.25, 0.3) is 0 Å². The second-order valence-corrected chi connectivity index (χ2v) is 5.16. The van der Waals surface area contributed by atoms with Crippen molar-refractivity contribution >= 4 is 5.69 Å². The maximum absolute atomic E-state index is 13.3. The molecule has 2 N–H and O–H groups in total. The third kappa shape index (κ3) is 3.95. The van der Waals surface area contributed by atoms with Gasteiger partial charge in [-0.3, -0.25) is 0 Å². The molecule has 3 nitrogen and oxygen atoms in total. The van der Waals surface area contributed by atoms with Crippen molar-refractivity contribution in [3.8, 4) is 5.75 Å². The first kappa shape index (κ1) is 15.3. The van der Waals surface area contributed by atoms with Crippen LogP contribution in [0.15, 0.2) is 36.4 Å². The van der Waals surface area contributed by atoms with E-state index in [1.807, 2.05) is 38.1 Å².